The summed E-state index contributed by atoms with van der Waals surface area (Å²) in [6, 6.07) is 7.09. The third-order valence-corrected chi connectivity index (χ3v) is 2.07. The number of hydrogen-bond acceptors (Lipinski definition) is 4. The zero-order valence-corrected chi connectivity index (χ0v) is 9.77. The van der Waals surface area contributed by atoms with Crippen molar-refractivity contribution < 1.29 is 14.6 Å². The maximum Gasteiger partial charge on any atom is 0.174 e. The number of aromatic hydroxyl groups is 1. The first-order valence-corrected chi connectivity index (χ1v) is 5.53. The fraction of sp³-hybridized carbons (Fsp3) is 0.500. The number of ether oxygens (including phenoxy) is 2. The molecule has 90 valence electrons. The molecule has 0 atom stereocenters. The number of phenols is 1. The first-order chi connectivity index (χ1) is 7.77. The van der Waals surface area contributed by atoms with Crippen LogP contribution in [-0.4, -0.2) is 31.2 Å². The number of hydrogen-bond donors (Lipinski definition) is 2. The van der Waals surface area contributed by atoms with Crippen molar-refractivity contribution in [2.24, 2.45) is 0 Å². The van der Waals surface area contributed by atoms with E-state index in [9.17, 15) is 5.11 Å². The van der Waals surface area contributed by atoms with Crippen LogP contribution >= 0.6 is 0 Å². The van der Waals surface area contributed by atoms with Gasteiger partial charge in [-0.25, -0.2) is 0 Å². The van der Waals surface area contributed by atoms with E-state index in [2.05, 4.69) is 5.32 Å². The Morgan fingerprint density at radius 2 is 1.81 bits per heavy atom. The van der Waals surface area contributed by atoms with Crippen molar-refractivity contribution in [2.45, 2.75) is 20.1 Å². The monoisotopic (exact) mass is 225 g/mol. The zero-order chi connectivity index (χ0) is 11.8. The predicted molar refractivity (Wildman–Crippen MR) is 63.6 cm³/mol. The molecule has 0 aromatic heterocycles. The summed E-state index contributed by atoms with van der Waals surface area (Å²) in [6.45, 7) is 5.57. The summed E-state index contributed by atoms with van der Waals surface area (Å²) >= 11 is 0. The van der Waals surface area contributed by atoms with Gasteiger partial charge < -0.3 is 19.9 Å². The first kappa shape index (κ1) is 12.8. The Labute approximate surface area is 96.2 Å². The maximum absolute atomic E-state index is 9.54. The van der Waals surface area contributed by atoms with Crippen molar-refractivity contribution in [1.29, 1.82) is 0 Å². The number of para-hydroxylation sites is 2. The molecular weight excluding hydrogens is 206 g/mol. The van der Waals surface area contributed by atoms with Crippen LogP contribution in [0.4, 0.5) is 5.69 Å². The first-order valence-electron chi connectivity index (χ1n) is 5.53. The van der Waals surface area contributed by atoms with Crippen LogP contribution in [-0.2, 0) is 9.47 Å². The summed E-state index contributed by atoms with van der Waals surface area (Å²) in [4.78, 5) is 0. The van der Waals surface area contributed by atoms with Crippen LogP contribution in [0.5, 0.6) is 5.75 Å². The van der Waals surface area contributed by atoms with E-state index in [1.165, 1.54) is 0 Å². The molecule has 0 saturated carbocycles. The van der Waals surface area contributed by atoms with E-state index in [0.29, 0.717) is 25.4 Å². The average molecular weight is 225 g/mol. The summed E-state index contributed by atoms with van der Waals surface area (Å²) in [7, 11) is 0. The smallest absolute Gasteiger partial charge is 0.174 e. The Morgan fingerprint density at radius 3 is 2.38 bits per heavy atom. The highest BCUT2D eigenvalue weighted by Gasteiger charge is 2.08. The Hall–Kier alpha value is -1.26. The van der Waals surface area contributed by atoms with Crippen molar-refractivity contribution in [2.75, 3.05) is 25.1 Å². The predicted octanol–water partition coefficient (Wildman–Crippen LogP) is 2.20. The molecule has 1 aromatic rings. The molecule has 1 rings (SSSR count). The molecule has 0 heterocycles. The maximum atomic E-state index is 9.54. The van der Waals surface area contributed by atoms with Crippen molar-refractivity contribution >= 4 is 5.69 Å². The average Bonchev–Trinajstić information content (AvgIpc) is 2.28. The van der Waals surface area contributed by atoms with Crippen LogP contribution in [0.3, 0.4) is 0 Å². The normalized spacial score (nSPS) is 10.7. The summed E-state index contributed by atoms with van der Waals surface area (Å²) in [5.41, 5.74) is 0.687. The lowest BCUT2D eigenvalue weighted by molar-refractivity contribution is -0.126. The summed E-state index contributed by atoms with van der Waals surface area (Å²) in [5.74, 6) is 0.231. The quantitative estimate of drug-likeness (QED) is 0.552. The molecule has 1 aromatic carbocycles. The van der Waals surface area contributed by atoms with Crippen molar-refractivity contribution in [3.05, 3.63) is 24.3 Å². The minimum Gasteiger partial charge on any atom is -0.506 e. The third kappa shape index (κ3) is 4.08. The Morgan fingerprint density at radius 1 is 1.19 bits per heavy atom. The highest BCUT2D eigenvalue weighted by molar-refractivity contribution is 5.55. The molecule has 0 saturated heterocycles. The van der Waals surface area contributed by atoms with Crippen LogP contribution in [0.2, 0.25) is 0 Å². The van der Waals surface area contributed by atoms with Gasteiger partial charge in [0.05, 0.1) is 12.2 Å². The van der Waals surface area contributed by atoms with Crippen molar-refractivity contribution in [3.63, 3.8) is 0 Å². The number of phenolic OH excluding ortho intramolecular Hbond substituents is 1. The minimum atomic E-state index is -0.283. The Bertz CT molecular complexity index is 298. The van der Waals surface area contributed by atoms with Crippen molar-refractivity contribution in [1.82, 2.24) is 0 Å². The van der Waals surface area contributed by atoms with Gasteiger partial charge in [0.25, 0.3) is 0 Å². The SMILES string of the molecule is CCOC(CNc1ccccc1O)OCC. The topological polar surface area (TPSA) is 50.7 Å². The van der Waals surface area contributed by atoms with Gasteiger partial charge in [-0.2, -0.15) is 0 Å². The van der Waals surface area contributed by atoms with Gasteiger partial charge >= 0.3 is 0 Å². The van der Waals surface area contributed by atoms with E-state index in [0.717, 1.165) is 0 Å². The van der Waals surface area contributed by atoms with Gasteiger partial charge in [-0.3, -0.25) is 0 Å². The molecule has 0 radical (unpaired) electrons. The molecule has 4 heteroatoms. The van der Waals surface area contributed by atoms with E-state index in [1.54, 1.807) is 12.1 Å². The Balaban J connectivity index is 2.45. The highest BCUT2D eigenvalue weighted by atomic mass is 16.7. The van der Waals surface area contributed by atoms with Gasteiger partial charge in [-0.15, -0.1) is 0 Å². The second kappa shape index (κ2) is 7.09. The highest BCUT2D eigenvalue weighted by Crippen LogP contribution is 2.21. The third-order valence-electron chi connectivity index (χ3n) is 2.07. The van der Waals surface area contributed by atoms with Crippen LogP contribution in [0.1, 0.15) is 13.8 Å². The van der Waals surface area contributed by atoms with E-state index in [1.807, 2.05) is 26.0 Å². The standard InChI is InChI=1S/C12H19NO3/c1-3-15-12(16-4-2)9-13-10-7-5-6-8-11(10)14/h5-8,12-14H,3-4,9H2,1-2H3. The molecule has 0 fully saturated rings. The molecule has 0 spiro atoms. The lowest BCUT2D eigenvalue weighted by Crippen LogP contribution is -2.26. The lowest BCUT2D eigenvalue weighted by atomic mass is 10.3. The molecule has 0 aliphatic rings. The molecule has 0 bridgehead atoms. The molecule has 0 aliphatic heterocycles. The molecular formula is C12H19NO3. The van der Waals surface area contributed by atoms with E-state index in [-0.39, 0.29) is 12.0 Å². The lowest BCUT2D eigenvalue weighted by Gasteiger charge is -2.18. The zero-order valence-electron chi connectivity index (χ0n) is 9.77. The van der Waals surface area contributed by atoms with Crippen LogP contribution in [0.25, 0.3) is 0 Å². The second-order valence-corrected chi connectivity index (χ2v) is 3.24. The number of rotatable bonds is 7. The molecule has 0 unspecified atom stereocenters. The molecule has 16 heavy (non-hydrogen) atoms. The molecule has 0 aliphatic carbocycles. The fourth-order valence-corrected chi connectivity index (χ4v) is 1.35. The van der Waals surface area contributed by atoms with Crippen LogP contribution in [0.15, 0.2) is 24.3 Å². The molecule has 0 amide bonds. The van der Waals surface area contributed by atoms with E-state index < -0.39 is 0 Å². The molecule has 2 N–H and O–H groups in total. The van der Waals surface area contributed by atoms with E-state index in [4.69, 9.17) is 9.47 Å². The van der Waals surface area contributed by atoms with Crippen molar-refractivity contribution in [3.8, 4) is 5.75 Å². The van der Waals surface area contributed by atoms with Gasteiger partial charge in [0.15, 0.2) is 6.29 Å². The van der Waals surface area contributed by atoms with Gasteiger partial charge in [0, 0.05) is 13.2 Å². The Kier molecular flexibility index (Phi) is 5.67. The van der Waals surface area contributed by atoms with Gasteiger partial charge in [-0.05, 0) is 26.0 Å². The van der Waals surface area contributed by atoms with Gasteiger partial charge in [0.2, 0.25) is 0 Å². The number of nitrogens with one attached hydrogen (secondary N) is 1. The number of anilines is 1. The summed E-state index contributed by atoms with van der Waals surface area (Å²) < 4.78 is 10.8. The number of benzene rings is 1. The second-order valence-electron chi connectivity index (χ2n) is 3.24. The minimum absolute atomic E-state index is 0.231. The van der Waals surface area contributed by atoms with Crippen LogP contribution < -0.4 is 5.32 Å². The molecule has 4 nitrogen and oxygen atoms in total. The summed E-state index contributed by atoms with van der Waals surface area (Å²) in [5, 5.41) is 12.6. The van der Waals surface area contributed by atoms with Gasteiger partial charge in [0.1, 0.15) is 5.75 Å². The largest absolute Gasteiger partial charge is 0.506 e. The van der Waals surface area contributed by atoms with Crippen LogP contribution in [0, 0.1) is 0 Å². The van der Waals surface area contributed by atoms with E-state index >= 15 is 0 Å². The summed E-state index contributed by atoms with van der Waals surface area (Å²) in [6.07, 6.45) is -0.283. The van der Waals surface area contributed by atoms with Gasteiger partial charge in [-0.1, -0.05) is 12.1 Å². The fourth-order valence-electron chi connectivity index (χ4n) is 1.35.